The normalized spacial score (nSPS) is 13.4. The molecule has 55 heavy (non-hydrogen) atoms. The Balaban J connectivity index is 3.53. The molecule has 0 saturated heterocycles. The number of aliphatic hydroxyl groups excluding tert-OH is 1. The average molecular weight is 761 g/mol. The van der Waals surface area contributed by atoms with Crippen LogP contribution in [0.2, 0.25) is 0 Å². The van der Waals surface area contributed by atoms with Crippen LogP contribution in [0, 0.1) is 0 Å². The third-order valence-electron chi connectivity index (χ3n) is 9.09. The van der Waals surface area contributed by atoms with Crippen LogP contribution in [0.4, 0.5) is 0 Å². The number of esters is 1. The maximum absolute atomic E-state index is 12.2. The van der Waals surface area contributed by atoms with Crippen LogP contribution in [0.3, 0.4) is 0 Å². The highest BCUT2D eigenvalue weighted by Crippen LogP contribution is 2.13. The van der Waals surface area contributed by atoms with E-state index in [9.17, 15) is 9.90 Å². The van der Waals surface area contributed by atoms with Crippen molar-refractivity contribution in [3.8, 4) is 0 Å². The molecule has 0 spiro atoms. The molecule has 4 heteroatoms. The third kappa shape index (κ3) is 45.3. The van der Waals surface area contributed by atoms with E-state index in [0.717, 1.165) is 89.9 Å². The molecule has 1 atom stereocenters. The summed E-state index contributed by atoms with van der Waals surface area (Å²) in [6.45, 7) is 5.06. The molecule has 0 radical (unpaired) electrons. The lowest BCUT2D eigenvalue weighted by Crippen LogP contribution is -2.27. The number of aliphatic hydroxyl groups is 1. The molecule has 0 bridgehead atoms. The number of carbonyl (C=O) groups excluding carboxylic acids is 1. The van der Waals surface area contributed by atoms with Gasteiger partial charge in [-0.1, -0.05) is 187 Å². The van der Waals surface area contributed by atoms with Gasteiger partial charge in [-0.15, -0.1) is 0 Å². The Hall–Kier alpha value is -2.95. The molecule has 312 valence electrons. The van der Waals surface area contributed by atoms with E-state index in [2.05, 4.69) is 123 Å². The molecule has 0 aromatic heterocycles. The van der Waals surface area contributed by atoms with Gasteiger partial charge in [-0.25, -0.2) is 0 Å². The minimum Gasteiger partial charge on any atom is -0.457 e. The number of hydrogen-bond donors (Lipinski definition) is 1. The van der Waals surface area contributed by atoms with E-state index >= 15 is 0 Å². The number of allylic oxidation sites excluding steroid dienone is 18. The van der Waals surface area contributed by atoms with Crippen molar-refractivity contribution in [2.24, 2.45) is 0 Å². The number of unbranched alkanes of at least 4 members (excludes halogenated alkanes) is 14. The fourth-order valence-electron chi connectivity index (χ4n) is 5.82. The molecule has 0 heterocycles. The van der Waals surface area contributed by atoms with Crippen molar-refractivity contribution in [1.82, 2.24) is 0 Å². The first-order valence-electron chi connectivity index (χ1n) is 22.5. The van der Waals surface area contributed by atoms with Gasteiger partial charge in [0.25, 0.3) is 0 Å². The maximum atomic E-state index is 12.2. The zero-order valence-corrected chi connectivity index (χ0v) is 35.6. The zero-order valence-electron chi connectivity index (χ0n) is 35.6. The Kier molecular flexibility index (Phi) is 44.7. The monoisotopic (exact) mass is 761 g/mol. The van der Waals surface area contributed by atoms with Crippen molar-refractivity contribution in [3.63, 3.8) is 0 Å². The second-order valence-corrected chi connectivity index (χ2v) is 14.4. The fourth-order valence-corrected chi connectivity index (χ4v) is 5.82. The third-order valence-corrected chi connectivity index (χ3v) is 9.09. The van der Waals surface area contributed by atoms with Gasteiger partial charge in [-0.2, -0.15) is 0 Å². The van der Waals surface area contributed by atoms with Crippen LogP contribution in [0.15, 0.2) is 109 Å². The van der Waals surface area contributed by atoms with E-state index in [1.807, 2.05) is 0 Å². The lowest BCUT2D eigenvalue weighted by Gasteiger charge is -2.15. The largest absolute Gasteiger partial charge is 0.457 e. The molecule has 0 fully saturated rings. The van der Waals surface area contributed by atoms with Crippen LogP contribution in [0.5, 0.6) is 0 Å². The summed E-state index contributed by atoms with van der Waals surface area (Å²) in [6, 6.07) is 0. The van der Waals surface area contributed by atoms with Crippen LogP contribution in [-0.2, 0) is 14.3 Å². The quantitative estimate of drug-likeness (QED) is 0.0384. The fraction of sp³-hybridized carbons (Fsp3) is 0.627. The second kappa shape index (κ2) is 47.2. The highest BCUT2D eigenvalue weighted by atomic mass is 16.6. The van der Waals surface area contributed by atoms with E-state index in [1.165, 1.54) is 70.6 Å². The van der Waals surface area contributed by atoms with Crippen LogP contribution >= 0.6 is 0 Å². The molecule has 0 saturated carbocycles. The van der Waals surface area contributed by atoms with E-state index in [0.29, 0.717) is 13.0 Å². The van der Waals surface area contributed by atoms with Gasteiger partial charge in [-0.05, 0) is 96.3 Å². The van der Waals surface area contributed by atoms with E-state index in [-0.39, 0.29) is 19.2 Å². The lowest BCUT2D eigenvalue weighted by atomic mass is 10.1. The molecule has 1 unspecified atom stereocenters. The molecular formula is C51H84O4. The van der Waals surface area contributed by atoms with E-state index < -0.39 is 6.10 Å². The van der Waals surface area contributed by atoms with Crippen molar-refractivity contribution < 1.29 is 19.4 Å². The van der Waals surface area contributed by atoms with Crippen molar-refractivity contribution in [1.29, 1.82) is 0 Å². The van der Waals surface area contributed by atoms with E-state index in [4.69, 9.17) is 9.47 Å². The summed E-state index contributed by atoms with van der Waals surface area (Å²) in [5.74, 6) is -0.219. The van der Waals surface area contributed by atoms with Crippen LogP contribution in [-0.4, -0.2) is 37.0 Å². The summed E-state index contributed by atoms with van der Waals surface area (Å²) in [7, 11) is 0. The molecule has 0 aromatic carbocycles. The summed E-state index contributed by atoms with van der Waals surface area (Å²) in [4.78, 5) is 12.2. The predicted molar refractivity (Wildman–Crippen MR) is 241 cm³/mol. The van der Waals surface area contributed by atoms with Gasteiger partial charge in [0.2, 0.25) is 0 Å². The molecule has 0 rings (SSSR count). The van der Waals surface area contributed by atoms with E-state index in [1.54, 1.807) is 0 Å². The Labute approximate surface area is 340 Å². The highest BCUT2D eigenvalue weighted by molar-refractivity contribution is 5.69. The average Bonchev–Trinajstić information content (AvgIpc) is 3.19. The van der Waals surface area contributed by atoms with Gasteiger partial charge >= 0.3 is 5.97 Å². The summed E-state index contributed by atoms with van der Waals surface area (Å²) in [6.07, 6.45) is 68.7. The number of carbonyl (C=O) groups is 1. The molecule has 0 aromatic rings. The lowest BCUT2D eigenvalue weighted by molar-refractivity contribution is -0.154. The van der Waals surface area contributed by atoms with Gasteiger partial charge < -0.3 is 14.6 Å². The SMILES string of the molecule is CC/C=C\C/C=C\C/C=C\C/C=C\C/C=C\CCCCCCCCCCCC(=O)OC(CO)COCCCCCCC/C=C\C/C=C\C/C=C\C/C=C\CC. The van der Waals surface area contributed by atoms with Gasteiger partial charge in [-0.3, -0.25) is 4.79 Å². The van der Waals surface area contributed by atoms with Crippen molar-refractivity contribution >= 4 is 5.97 Å². The van der Waals surface area contributed by atoms with Gasteiger partial charge in [0.15, 0.2) is 0 Å². The van der Waals surface area contributed by atoms with Gasteiger partial charge in [0.1, 0.15) is 6.10 Å². The molecule has 0 aliphatic carbocycles. The maximum Gasteiger partial charge on any atom is 0.306 e. The highest BCUT2D eigenvalue weighted by Gasteiger charge is 2.13. The number of hydrogen-bond acceptors (Lipinski definition) is 4. The Bertz CT molecular complexity index is 1070. The Morgan fingerprint density at radius 2 is 0.764 bits per heavy atom. The summed E-state index contributed by atoms with van der Waals surface area (Å²) in [5, 5.41) is 9.62. The van der Waals surface area contributed by atoms with Gasteiger partial charge in [0, 0.05) is 13.0 Å². The summed E-state index contributed by atoms with van der Waals surface area (Å²) in [5.41, 5.74) is 0. The summed E-state index contributed by atoms with van der Waals surface area (Å²) < 4.78 is 11.2. The van der Waals surface area contributed by atoms with Gasteiger partial charge in [0.05, 0.1) is 13.2 Å². The predicted octanol–water partition coefficient (Wildman–Crippen LogP) is 15.1. The number of rotatable bonds is 40. The molecule has 0 amide bonds. The minimum absolute atomic E-state index is 0.189. The first kappa shape index (κ1) is 52.1. The standard InChI is InChI=1S/C51H84O4/c1-3-5-7-9-11-13-15-17-19-21-23-24-25-26-27-28-29-30-32-34-36-38-40-42-44-46-51(53)55-50(48-52)49-54-47-45-43-41-39-37-35-33-31-22-20-18-16-14-12-10-8-6-4-2/h5-8,11-14,17-20,23-24,26-27,31,33,50,52H,3-4,9-10,15-16,21-22,25,28-30,32,34-49H2,1-2H3/b7-5-,8-6-,13-11-,14-12-,19-17-,20-18-,24-23-,27-26-,33-31-. The first-order chi connectivity index (χ1) is 27.2. The molecule has 1 N–H and O–H groups in total. The molecule has 0 aliphatic heterocycles. The van der Waals surface area contributed by atoms with Crippen LogP contribution < -0.4 is 0 Å². The molecule has 4 nitrogen and oxygen atoms in total. The first-order valence-corrected chi connectivity index (χ1v) is 22.5. The van der Waals surface area contributed by atoms with Crippen LogP contribution in [0.1, 0.15) is 181 Å². The topological polar surface area (TPSA) is 55.8 Å². The van der Waals surface area contributed by atoms with Crippen molar-refractivity contribution in [2.45, 2.75) is 187 Å². The Morgan fingerprint density at radius 3 is 1.15 bits per heavy atom. The second-order valence-electron chi connectivity index (χ2n) is 14.4. The van der Waals surface area contributed by atoms with Crippen molar-refractivity contribution in [2.75, 3.05) is 19.8 Å². The van der Waals surface area contributed by atoms with Crippen LogP contribution in [0.25, 0.3) is 0 Å². The molecule has 0 aliphatic rings. The molecular weight excluding hydrogens is 677 g/mol. The van der Waals surface area contributed by atoms with Crippen molar-refractivity contribution in [3.05, 3.63) is 109 Å². The number of ether oxygens (including phenoxy) is 2. The minimum atomic E-state index is -0.556. The Morgan fingerprint density at radius 1 is 0.436 bits per heavy atom. The summed E-state index contributed by atoms with van der Waals surface area (Å²) >= 11 is 0. The zero-order chi connectivity index (χ0) is 39.8. The smallest absolute Gasteiger partial charge is 0.306 e.